The van der Waals surface area contributed by atoms with Crippen molar-refractivity contribution in [2.45, 2.75) is 25.3 Å². The van der Waals surface area contributed by atoms with Gasteiger partial charge in [-0.3, -0.25) is 0 Å². The molecule has 2 amide bonds. The molecule has 0 radical (unpaired) electrons. The number of nitrogens with zero attached hydrogens (tertiary/aromatic N) is 2. The minimum absolute atomic E-state index is 0.244. The molecule has 1 saturated heterocycles. The summed E-state index contributed by atoms with van der Waals surface area (Å²) in [7, 11) is 3.14. The molecule has 1 aliphatic rings. The number of rotatable bonds is 7. The van der Waals surface area contributed by atoms with Crippen molar-refractivity contribution in [2.75, 3.05) is 47.1 Å². The van der Waals surface area contributed by atoms with Crippen molar-refractivity contribution < 1.29 is 24.2 Å². The maximum absolute atomic E-state index is 12.5. The van der Waals surface area contributed by atoms with Crippen molar-refractivity contribution in [3.63, 3.8) is 0 Å². The fraction of sp³-hybridized carbons (Fsp3) is 0.846. The third-order valence-corrected chi connectivity index (χ3v) is 3.43. The Bertz CT molecular complexity index is 316. The second-order valence-corrected chi connectivity index (χ2v) is 4.80. The Balaban J connectivity index is 2.71. The van der Waals surface area contributed by atoms with Gasteiger partial charge in [-0.05, 0) is 19.3 Å². The quantitative estimate of drug-likeness (QED) is 0.743. The van der Waals surface area contributed by atoms with E-state index in [-0.39, 0.29) is 6.03 Å². The van der Waals surface area contributed by atoms with Crippen LogP contribution in [0.5, 0.6) is 0 Å². The summed E-state index contributed by atoms with van der Waals surface area (Å²) in [4.78, 5) is 26.8. The van der Waals surface area contributed by atoms with Gasteiger partial charge in [0.05, 0.1) is 13.2 Å². The topological polar surface area (TPSA) is 79.3 Å². The van der Waals surface area contributed by atoms with Gasteiger partial charge in [-0.15, -0.1) is 0 Å². The highest BCUT2D eigenvalue weighted by Crippen LogP contribution is 2.19. The number of carbonyl (C=O) groups excluding carboxylic acids is 1. The van der Waals surface area contributed by atoms with Crippen LogP contribution in [0.15, 0.2) is 0 Å². The van der Waals surface area contributed by atoms with Gasteiger partial charge in [-0.25, -0.2) is 9.59 Å². The van der Waals surface area contributed by atoms with E-state index in [1.54, 1.807) is 19.1 Å². The fourth-order valence-corrected chi connectivity index (χ4v) is 2.30. The molecule has 1 aliphatic heterocycles. The Morgan fingerprint density at radius 1 is 1.20 bits per heavy atom. The predicted molar refractivity (Wildman–Crippen MR) is 72.7 cm³/mol. The molecule has 0 spiro atoms. The van der Waals surface area contributed by atoms with E-state index < -0.39 is 12.0 Å². The number of likely N-dealkylation sites (tertiary alicyclic amines) is 1. The van der Waals surface area contributed by atoms with Crippen molar-refractivity contribution in [1.29, 1.82) is 0 Å². The summed E-state index contributed by atoms with van der Waals surface area (Å²) in [5.41, 5.74) is 0. The summed E-state index contributed by atoms with van der Waals surface area (Å²) < 4.78 is 9.99. The third-order valence-electron chi connectivity index (χ3n) is 3.43. The standard InChI is InChI=1S/C13H24N2O5/c1-19-9-7-14(8-10-20-2)13(18)15-6-4-3-5-11(15)12(16)17/h11H,3-10H2,1-2H3,(H,16,17). The average Bonchev–Trinajstić information content (AvgIpc) is 2.46. The van der Waals surface area contributed by atoms with Crippen molar-refractivity contribution in [1.82, 2.24) is 9.80 Å². The van der Waals surface area contributed by atoms with Crippen LogP contribution in [0.1, 0.15) is 19.3 Å². The van der Waals surface area contributed by atoms with Gasteiger partial charge in [0.15, 0.2) is 0 Å². The molecule has 0 aliphatic carbocycles. The van der Waals surface area contributed by atoms with Crippen LogP contribution in [0.3, 0.4) is 0 Å². The minimum Gasteiger partial charge on any atom is -0.480 e. The molecule has 0 aromatic heterocycles. The van der Waals surface area contributed by atoms with Crippen molar-refractivity contribution in [3.05, 3.63) is 0 Å². The van der Waals surface area contributed by atoms with Crippen molar-refractivity contribution in [3.8, 4) is 0 Å². The molecule has 0 aromatic carbocycles. The van der Waals surface area contributed by atoms with Gasteiger partial charge in [0, 0.05) is 33.9 Å². The Morgan fingerprint density at radius 3 is 2.30 bits per heavy atom. The maximum atomic E-state index is 12.5. The van der Waals surface area contributed by atoms with Gasteiger partial charge < -0.3 is 24.4 Å². The first-order valence-corrected chi connectivity index (χ1v) is 6.88. The van der Waals surface area contributed by atoms with Gasteiger partial charge >= 0.3 is 12.0 Å². The molecule has 1 rings (SSSR count). The summed E-state index contributed by atoms with van der Waals surface area (Å²) in [6.07, 6.45) is 2.21. The number of carboxylic acids is 1. The van der Waals surface area contributed by atoms with E-state index in [0.29, 0.717) is 39.3 Å². The van der Waals surface area contributed by atoms with E-state index in [0.717, 1.165) is 12.8 Å². The Morgan fingerprint density at radius 2 is 1.80 bits per heavy atom. The first-order chi connectivity index (χ1) is 9.61. The van der Waals surface area contributed by atoms with Crippen LogP contribution in [-0.2, 0) is 14.3 Å². The zero-order chi connectivity index (χ0) is 15.0. The van der Waals surface area contributed by atoms with E-state index in [9.17, 15) is 14.7 Å². The zero-order valence-electron chi connectivity index (χ0n) is 12.2. The van der Waals surface area contributed by atoms with Crippen LogP contribution < -0.4 is 0 Å². The van der Waals surface area contributed by atoms with Crippen LogP contribution in [0.2, 0.25) is 0 Å². The molecule has 7 heteroatoms. The second-order valence-electron chi connectivity index (χ2n) is 4.80. The van der Waals surface area contributed by atoms with E-state index >= 15 is 0 Å². The number of piperidine rings is 1. The zero-order valence-corrected chi connectivity index (χ0v) is 12.2. The number of amides is 2. The number of hydrogen-bond donors (Lipinski definition) is 1. The lowest BCUT2D eigenvalue weighted by molar-refractivity contribution is -0.143. The van der Waals surface area contributed by atoms with Gasteiger partial charge in [0.1, 0.15) is 6.04 Å². The average molecular weight is 288 g/mol. The number of ether oxygens (including phenoxy) is 2. The number of hydrogen-bond acceptors (Lipinski definition) is 4. The highest BCUT2D eigenvalue weighted by molar-refractivity contribution is 5.83. The van der Waals surface area contributed by atoms with Crippen LogP contribution in [0.4, 0.5) is 4.79 Å². The van der Waals surface area contributed by atoms with Crippen LogP contribution >= 0.6 is 0 Å². The van der Waals surface area contributed by atoms with Crippen LogP contribution in [-0.4, -0.2) is 80.0 Å². The lowest BCUT2D eigenvalue weighted by Gasteiger charge is -2.36. The molecule has 1 atom stereocenters. The number of urea groups is 1. The summed E-state index contributed by atoms with van der Waals surface area (Å²) in [6, 6.07) is -0.963. The molecule has 1 N–H and O–H groups in total. The first-order valence-electron chi connectivity index (χ1n) is 6.88. The van der Waals surface area contributed by atoms with E-state index in [2.05, 4.69) is 0 Å². The smallest absolute Gasteiger partial charge is 0.326 e. The molecule has 116 valence electrons. The SMILES string of the molecule is COCCN(CCOC)C(=O)N1CCCCC1C(=O)O. The summed E-state index contributed by atoms with van der Waals surface area (Å²) in [5, 5.41) is 9.23. The fourth-order valence-electron chi connectivity index (χ4n) is 2.30. The number of aliphatic carboxylic acids is 1. The maximum Gasteiger partial charge on any atom is 0.326 e. The summed E-state index contributed by atoms with van der Waals surface area (Å²) in [5.74, 6) is -0.934. The molecule has 0 saturated carbocycles. The Labute approximate surface area is 119 Å². The largest absolute Gasteiger partial charge is 0.480 e. The van der Waals surface area contributed by atoms with Gasteiger partial charge in [0.25, 0.3) is 0 Å². The minimum atomic E-state index is -0.934. The number of methoxy groups -OCH3 is 2. The predicted octanol–water partition coefficient (Wildman–Crippen LogP) is 0.640. The molecule has 7 nitrogen and oxygen atoms in total. The first kappa shape index (κ1) is 16.7. The van der Waals surface area contributed by atoms with Crippen LogP contribution in [0.25, 0.3) is 0 Å². The molecule has 1 fully saturated rings. The second kappa shape index (κ2) is 8.76. The number of carboxylic acid groups (broad SMARTS) is 1. The van der Waals surface area contributed by atoms with Gasteiger partial charge in [-0.1, -0.05) is 0 Å². The Kier molecular flexibility index (Phi) is 7.32. The van der Waals surface area contributed by atoms with Crippen molar-refractivity contribution in [2.24, 2.45) is 0 Å². The lowest BCUT2D eigenvalue weighted by Crippen LogP contribution is -2.54. The Hall–Kier alpha value is -1.34. The summed E-state index contributed by atoms with van der Waals surface area (Å²) >= 11 is 0. The molecular formula is C13H24N2O5. The van der Waals surface area contributed by atoms with Gasteiger partial charge in [-0.2, -0.15) is 0 Å². The molecule has 1 heterocycles. The number of carbonyl (C=O) groups is 2. The monoisotopic (exact) mass is 288 g/mol. The molecular weight excluding hydrogens is 264 g/mol. The van der Waals surface area contributed by atoms with Gasteiger partial charge in [0.2, 0.25) is 0 Å². The molecule has 1 unspecified atom stereocenters. The molecule has 0 aromatic rings. The molecule has 0 bridgehead atoms. The lowest BCUT2D eigenvalue weighted by atomic mass is 10.0. The van der Waals surface area contributed by atoms with E-state index in [1.807, 2.05) is 0 Å². The highest BCUT2D eigenvalue weighted by atomic mass is 16.5. The highest BCUT2D eigenvalue weighted by Gasteiger charge is 2.34. The molecule has 20 heavy (non-hydrogen) atoms. The normalized spacial score (nSPS) is 18.9. The summed E-state index contributed by atoms with van der Waals surface area (Å²) in [6.45, 7) is 2.19. The van der Waals surface area contributed by atoms with E-state index in [1.165, 1.54) is 4.90 Å². The van der Waals surface area contributed by atoms with E-state index in [4.69, 9.17) is 9.47 Å². The van der Waals surface area contributed by atoms with Crippen molar-refractivity contribution >= 4 is 12.0 Å². The van der Waals surface area contributed by atoms with Crippen LogP contribution in [0, 0.1) is 0 Å². The third kappa shape index (κ3) is 4.64.